The van der Waals surface area contributed by atoms with E-state index in [-0.39, 0.29) is 0 Å². The van der Waals surface area contributed by atoms with Gasteiger partial charge in [-0.15, -0.1) is 68.0 Å². The van der Waals surface area contributed by atoms with E-state index in [1.807, 2.05) is 57.7 Å². The Hall–Kier alpha value is -3.50. The summed E-state index contributed by atoms with van der Waals surface area (Å²) >= 11 is 10.9. The quantitative estimate of drug-likeness (QED) is 0.191. The fourth-order valence-electron chi connectivity index (χ4n) is 5.88. The molecule has 0 saturated heterocycles. The number of hydrogen-bond acceptors (Lipinski definition) is 8. The van der Waals surface area contributed by atoms with Crippen LogP contribution in [-0.2, 0) is 0 Å². The van der Waals surface area contributed by atoms with E-state index in [0.29, 0.717) is 0 Å². The highest BCUT2D eigenvalue weighted by atomic mass is 32.1. The molecule has 0 aliphatic rings. The summed E-state index contributed by atoms with van der Waals surface area (Å²) in [5, 5.41) is 17.1. The van der Waals surface area contributed by atoms with Crippen LogP contribution in [0.2, 0.25) is 0 Å². The molecule has 10 aromatic rings. The summed E-state index contributed by atoms with van der Waals surface area (Å²) in [6, 6.07) is 27.1. The minimum Gasteiger partial charge on any atom is -0.243 e. The van der Waals surface area contributed by atoms with E-state index in [4.69, 9.17) is 9.97 Å². The molecule has 8 heteroatoms. The second-order valence-corrected chi connectivity index (χ2v) is 16.2. The zero-order valence-electron chi connectivity index (χ0n) is 21.6. The fourth-order valence-corrected chi connectivity index (χ4v) is 12.1. The largest absolute Gasteiger partial charge is 0.243 e. The predicted molar refractivity (Wildman–Crippen MR) is 191 cm³/mol. The molecule has 6 aromatic heterocycles. The second-order valence-electron chi connectivity index (χ2n) is 10.2. The van der Waals surface area contributed by atoms with Gasteiger partial charge in [0.25, 0.3) is 0 Å². The van der Waals surface area contributed by atoms with Gasteiger partial charge in [0.15, 0.2) is 0 Å². The predicted octanol–water partition coefficient (Wildman–Crippen LogP) is 12.8. The number of thiazole rings is 2. The molecule has 198 valence electrons. The molecule has 0 bridgehead atoms. The molecule has 0 unspecified atom stereocenters. The van der Waals surface area contributed by atoms with Crippen molar-refractivity contribution >= 4 is 130 Å². The Morgan fingerprint density at radius 3 is 1.29 bits per heavy atom. The third-order valence-electron chi connectivity index (χ3n) is 7.87. The molecule has 0 atom stereocenters. The lowest BCUT2D eigenvalue weighted by Crippen LogP contribution is -1.72. The fraction of sp³-hybridized carbons (Fsp3) is 0. The third-order valence-corrected chi connectivity index (χ3v) is 14.7. The number of nitrogens with zero attached hydrogens (tertiary/aromatic N) is 2. The first-order valence-electron chi connectivity index (χ1n) is 13.3. The van der Waals surface area contributed by atoms with E-state index < -0.39 is 0 Å². The number of hydrogen-bond donors (Lipinski definition) is 0. The Morgan fingerprint density at radius 1 is 0.381 bits per heavy atom. The molecule has 0 aliphatic carbocycles. The van der Waals surface area contributed by atoms with Gasteiger partial charge in [-0.05, 0) is 56.6 Å². The van der Waals surface area contributed by atoms with Crippen LogP contribution in [0, 0.1) is 0 Å². The standard InChI is InChI=1S/C34H16N2S6/c1-5-23-21(29-17(1)9-11-37-29)7-3-19-13-25(39-31(19)23)33-35-15-27(41-33)28-16-36-34(42-28)26-14-20-4-8-22-24(32(20)40-26)6-2-18-10-12-38-30(18)22/h1-16H. The maximum atomic E-state index is 4.86. The van der Waals surface area contributed by atoms with Gasteiger partial charge in [-0.25, -0.2) is 9.97 Å². The van der Waals surface area contributed by atoms with Crippen LogP contribution in [0.25, 0.3) is 91.4 Å². The molecule has 0 spiro atoms. The number of benzene rings is 4. The second kappa shape index (κ2) is 9.00. The van der Waals surface area contributed by atoms with Crippen molar-refractivity contribution in [1.82, 2.24) is 9.97 Å². The lowest BCUT2D eigenvalue weighted by molar-refractivity contribution is 1.42. The van der Waals surface area contributed by atoms with Crippen molar-refractivity contribution in [3.05, 3.63) is 96.0 Å². The zero-order chi connectivity index (χ0) is 27.4. The topological polar surface area (TPSA) is 25.8 Å². The van der Waals surface area contributed by atoms with Gasteiger partial charge in [0.05, 0.1) is 19.5 Å². The highest BCUT2D eigenvalue weighted by Gasteiger charge is 2.17. The summed E-state index contributed by atoms with van der Waals surface area (Å²) in [4.78, 5) is 14.5. The molecule has 4 aromatic carbocycles. The summed E-state index contributed by atoms with van der Waals surface area (Å²) in [7, 11) is 0. The maximum Gasteiger partial charge on any atom is 0.133 e. The zero-order valence-corrected chi connectivity index (χ0v) is 26.5. The van der Waals surface area contributed by atoms with Crippen molar-refractivity contribution in [2.24, 2.45) is 0 Å². The van der Waals surface area contributed by atoms with Gasteiger partial charge in [0, 0.05) is 52.7 Å². The van der Waals surface area contributed by atoms with E-state index in [1.54, 1.807) is 22.7 Å². The Labute approximate surface area is 263 Å². The number of aromatic nitrogens is 2. The maximum absolute atomic E-state index is 4.86. The summed E-state index contributed by atoms with van der Waals surface area (Å²) in [5.41, 5.74) is 0. The third kappa shape index (κ3) is 3.51. The normalized spacial score (nSPS) is 12.3. The van der Waals surface area contributed by atoms with Crippen LogP contribution >= 0.6 is 68.0 Å². The molecule has 0 aliphatic heterocycles. The van der Waals surface area contributed by atoms with Crippen LogP contribution < -0.4 is 0 Å². The summed E-state index contributed by atoms with van der Waals surface area (Å²) in [5.74, 6) is 0. The first-order valence-corrected chi connectivity index (χ1v) is 18.4. The molecule has 0 fully saturated rings. The number of thiophene rings is 4. The number of fused-ring (bicyclic) bond motifs is 10. The molecule has 0 N–H and O–H groups in total. The minimum absolute atomic E-state index is 1.07. The first kappa shape index (κ1) is 24.0. The lowest BCUT2D eigenvalue weighted by Gasteiger charge is -2.00. The average Bonchev–Trinajstić information content (AvgIpc) is 3.86. The molecule has 42 heavy (non-hydrogen) atoms. The van der Waals surface area contributed by atoms with Crippen molar-refractivity contribution in [2.75, 3.05) is 0 Å². The van der Waals surface area contributed by atoms with Crippen molar-refractivity contribution in [2.45, 2.75) is 0 Å². The summed E-state index contributed by atoms with van der Waals surface area (Å²) < 4.78 is 5.42. The van der Waals surface area contributed by atoms with Crippen LogP contribution in [0.15, 0.2) is 96.0 Å². The van der Waals surface area contributed by atoms with Crippen molar-refractivity contribution in [3.63, 3.8) is 0 Å². The smallest absolute Gasteiger partial charge is 0.133 e. The van der Waals surface area contributed by atoms with Crippen LogP contribution in [0.5, 0.6) is 0 Å². The van der Waals surface area contributed by atoms with E-state index in [1.165, 1.54) is 81.4 Å². The Morgan fingerprint density at radius 2 is 0.810 bits per heavy atom. The number of rotatable bonds is 3. The first-order chi connectivity index (χ1) is 20.8. The van der Waals surface area contributed by atoms with Gasteiger partial charge >= 0.3 is 0 Å². The molecular formula is C34H16N2S6. The van der Waals surface area contributed by atoms with E-state index in [2.05, 4.69) is 83.6 Å². The minimum atomic E-state index is 1.07. The molecule has 0 saturated carbocycles. The SMILES string of the molecule is c1cc2ccc3c(ccc4cc(-c5ncc(-c6cnc(-c7cc8ccc9c(ccc%10ccsc%109)c8s7)s6)s5)sc43)c2s1. The summed E-state index contributed by atoms with van der Waals surface area (Å²) in [6.45, 7) is 0. The average molecular weight is 645 g/mol. The van der Waals surface area contributed by atoms with Crippen LogP contribution in [0.1, 0.15) is 0 Å². The Bertz CT molecular complexity index is 2470. The van der Waals surface area contributed by atoms with Crippen LogP contribution in [0.4, 0.5) is 0 Å². The molecule has 0 amide bonds. The van der Waals surface area contributed by atoms with E-state index in [0.717, 1.165) is 10.0 Å². The lowest BCUT2D eigenvalue weighted by atomic mass is 10.1. The molecule has 0 radical (unpaired) electrons. The van der Waals surface area contributed by atoms with Crippen LogP contribution in [-0.4, -0.2) is 9.97 Å². The highest BCUT2D eigenvalue weighted by Crippen LogP contribution is 2.46. The molecular weight excluding hydrogens is 629 g/mol. The van der Waals surface area contributed by atoms with Crippen molar-refractivity contribution in [1.29, 1.82) is 0 Å². The van der Waals surface area contributed by atoms with Gasteiger partial charge < -0.3 is 0 Å². The van der Waals surface area contributed by atoms with Crippen molar-refractivity contribution < 1.29 is 0 Å². The molecule has 2 nitrogen and oxygen atoms in total. The molecule has 6 heterocycles. The van der Waals surface area contributed by atoms with Gasteiger partial charge in [-0.1, -0.05) is 48.5 Å². The highest BCUT2D eigenvalue weighted by molar-refractivity contribution is 7.30. The molecule has 10 rings (SSSR count). The van der Waals surface area contributed by atoms with Crippen LogP contribution in [0.3, 0.4) is 0 Å². The monoisotopic (exact) mass is 644 g/mol. The van der Waals surface area contributed by atoms with Gasteiger partial charge in [0.1, 0.15) is 10.0 Å². The van der Waals surface area contributed by atoms with Crippen molar-refractivity contribution in [3.8, 4) is 29.5 Å². The van der Waals surface area contributed by atoms with E-state index in [9.17, 15) is 0 Å². The summed E-state index contributed by atoms with van der Waals surface area (Å²) in [6.07, 6.45) is 4.03. The van der Waals surface area contributed by atoms with Gasteiger partial charge in [-0.2, -0.15) is 0 Å². The Kier molecular flexibility index (Phi) is 5.14. The van der Waals surface area contributed by atoms with Gasteiger partial charge in [-0.3, -0.25) is 0 Å². The van der Waals surface area contributed by atoms with E-state index >= 15 is 0 Å². The Balaban J connectivity index is 1.01. The van der Waals surface area contributed by atoms with Gasteiger partial charge in [0.2, 0.25) is 0 Å².